The maximum Gasteiger partial charge on any atom is 0.261 e. The smallest absolute Gasteiger partial charge is 0.261 e. The maximum absolute atomic E-state index is 14.9. The lowest BCUT2D eigenvalue weighted by molar-refractivity contribution is 0.628. The van der Waals surface area contributed by atoms with Crippen molar-refractivity contribution in [1.29, 1.82) is 0 Å². The first kappa shape index (κ1) is 17.9. The number of nitrogens with zero attached hydrogens (tertiary/aromatic N) is 3. The van der Waals surface area contributed by atoms with E-state index in [1.54, 1.807) is 42.5 Å². The standard InChI is InChI=1S/C23H14F2N4O/c24-15-10-8-14(9-11-15)16-5-3-7-20(21(16)17-4-1-2-6-19(17)25)29-22-18(12-28-29)23(30)27-13-26-22/h1-13H,(H,26,27,30). The third-order valence-electron chi connectivity index (χ3n) is 4.94. The number of benzene rings is 3. The molecule has 5 nitrogen and oxygen atoms in total. The van der Waals surface area contributed by atoms with Crippen molar-refractivity contribution < 1.29 is 8.78 Å². The number of aromatic amines is 1. The number of hydrogen-bond acceptors (Lipinski definition) is 3. The highest BCUT2D eigenvalue weighted by molar-refractivity contribution is 5.90. The molecule has 5 rings (SSSR count). The minimum atomic E-state index is -0.407. The Balaban J connectivity index is 1.87. The lowest BCUT2D eigenvalue weighted by Gasteiger charge is -2.16. The first-order valence-electron chi connectivity index (χ1n) is 9.19. The fourth-order valence-corrected chi connectivity index (χ4v) is 3.57. The monoisotopic (exact) mass is 400 g/mol. The van der Waals surface area contributed by atoms with Gasteiger partial charge in [0.05, 0.1) is 18.2 Å². The van der Waals surface area contributed by atoms with Crippen molar-refractivity contribution in [2.24, 2.45) is 0 Å². The Hall–Kier alpha value is -4.13. The molecule has 0 bridgehead atoms. The molecule has 0 fully saturated rings. The molecule has 2 aromatic heterocycles. The van der Waals surface area contributed by atoms with Crippen LogP contribution in [0.15, 0.2) is 84.0 Å². The molecule has 5 aromatic rings. The number of rotatable bonds is 3. The lowest BCUT2D eigenvalue weighted by atomic mass is 9.92. The van der Waals surface area contributed by atoms with Gasteiger partial charge in [-0.3, -0.25) is 4.79 Å². The van der Waals surface area contributed by atoms with Crippen LogP contribution in [0.25, 0.3) is 39.0 Å². The van der Waals surface area contributed by atoms with Crippen molar-refractivity contribution in [2.75, 3.05) is 0 Å². The topological polar surface area (TPSA) is 63.6 Å². The predicted molar refractivity (Wildman–Crippen MR) is 110 cm³/mol. The molecule has 146 valence electrons. The SMILES string of the molecule is O=c1[nH]cnc2c1cnn2-c1cccc(-c2ccc(F)cc2)c1-c1ccccc1F. The van der Waals surface area contributed by atoms with Crippen LogP contribution in [-0.4, -0.2) is 19.7 Å². The first-order chi connectivity index (χ1) is 14.6. The average molecular weight is 400 g/mol. The summed E-state index contributed by atoms with van der Waals surface area (Å²) >= 11 is 0. The fourth-order valence-electron chi connectivity index (χ4n) is 3.57. The van der Waals surface area contributed by atoms with Crippen LogP contribution in [-0.2, 0) is 0 Å². The van der Waals surface area contributed by atoms with E-state index in [-0.39, 0.29) is 11.4 Å². The van der Waals surface area contributed by atoms with Crippen LogP contribution in [0.4, 0.5) is 8.78 Å². The van der Waals surface area contributed by atoms with E-state index >= 15 is 0 Å². The molecule has 0 saturated heterocycles. The summed E-state index contributed by atoms with van der Waals surface area (Å²) in [6, 6.07) is 17.8. The number of nitrogens with one attached hydrogen (secondary N) is 1. The molecule has 0 aliphatic carbocycles. The minimum Gasteiger partial charge on any atom is -0.312 e. The molecular weight excluding hydrogens is 386 g/mol. The van der Waals surface area contributed by atoms with Crippen molar-refractivity contribution >= 4 is 11.0 Å². The van der Waals surface area contributed by atoms with Gasteiger partial charge in [0.2, 0.25) is 0 Å². The highest BCUT2D eigenvalue weighted by Gasteiger charge is 2.19. The second-order valence-electron chi connectivity index (χ2n) is 6.71. The predicted octanol–water partition coefficient (Wildman–Crippen LogP) is 4.72. The second kappa shape index (κ2) is 7.04. The van der Waals surface area contributed by atoms with E-state index in [1.807, 2.05) is 6.07 Å². The molecule has 30 heavy (non-hydrogen) atoms. The first-order valence-corrected chi connectivity index (χ1v) is 9.19. The van der Waals surface area contributed by atoms with Crippen molar-refractivity contribution in [3.05, 3.63) is 101 Å². The zero-order valence-electron chi connectivity index (χ0n) is 15.5. The Labute approximate surface area is 169 Å². The molecule has 0 unspecified atom stereocenters. The lowest BCUT2D eigenvalue weighted by Crippen LogP contribution is -2.07. The highest BCUT2D eigenvalue weighted by atomic mass is 19.1. The van der Waals surface area contributed by atoms with Gasteiger partial charge in [0.25, 0.3) is 5.56 Å². The third kappa shape index (κ3) is 2.88. The van der Waals surface area contributed by atoms with Crippen LogP contribution in [0.3, 0.4) is 0 Å². The molecule has 0 spiro atoms. The molecule has 0 saturated carbocycles. The zero-order valence-corrected chi connectivity index (χ0v) is 15.5. The number of hydrogen-bond donors (Lipinski definition) is 1. The molecular formula is C23H14F2N4O. The molecule has 3 aromatic carbocycles. The van der Waals surface area contributed by atoms with Gasteiger partial charge in [0, 0.05) is 11.1 Å². The van der Waals surface area contributed by atoms with Crippen LogP contribution < -0.4 is 5.56 Å². The van der Waals surface area contributed by atoms with Crippen molar-refractivity contribution in [1.82, 2.24) is 19.7 Å². The number of aromatic nitrogens is 4. The van der Waals surface area contributed by atoms with Gasteiger partial charge in [-0.25, -0.2) is 18.4 Å². The largest absolute Gasteiger partial charge is 0.312 e. The quantitative estimate of drug-likeness (QED) is 0.477. The van der Waals surface area contributed by atoms with Gasteiger partial charge >= 0.3 is 0 Å². The van der Waals surface area contributed by atoms with Crippen LogP contribution in [0.2, 0.25) is 0 Å². The van der Waals surface area contributed by atoms with Gasteiger partial charge in [-0.05, 0) is 35.4 Å². The van der Waals surface area contributed by atoms with E-state index in [0.717, 1.165) is 5.56 Å². The summed E-state index contributed by atoms with van der Waals surface area (Å²) in [5.74, 6) is -0.764. The second-order valence-corrected chi connectivity index (χ2v) is 6.71. The molecule has 2 heterocycles. The van der Waals surface area contributed by atoms with E-state index in [1.165, 1.54) is 35.4 Å². The average Bonchev–Trinajstić information content (AvgIpc) is 3.20. The van der Waals surface area contributed by atoms with Crippen LogP contribution in [0, 0.1) is 11.6 Å². The van der Waals surface area contributed by atoms with Gasteiger partial charge in [0.1, 0.15) is 17.0 Å². The summed E-state index contributed by atoms with van der Waals surface area (Å²) in [5, 5.41) is 4.67. The normalized spacial score (nSPS) is 11.1. The maximum atomic E-state index is 14.9. The van der Waals surface area contributed by atoms with Gasteiger partial charge in [0.15, 0.2) is 5.65 Å². The summed E-state index contributed by atoms with van der Waals surface area (Å²) in [6.07, 6.45) is 2.73. The van der Waals surface area contributed by atoms with Crippen LogP contribution in [0.5, 0.6) is 0 Å². The summed E-state index contributed by atoms with van der Waals surface area (Å²) in [5.41, 5.74) is 2.94. The Morgan fingerprint density at radius 1 is 0.867 bits per heavy atom. The van der Waals surface area contributed by atoms with E-state index in [2.05, 4.69) is 15.1 Å². The molecule has 1 N–H and O–H groups in total. The zero-order chi connectivity index (χ0) is 20.7. The van der Waals surface area contributed by atoms with Gasteiger partial charge in [-0.1, -0.05) is 42.5 Å². The number of halogens is 2. The third-order valence-corrected chi connectivity index (χ3v) is 4.94. The molecule has 0 aliphatic heterocycles. The van der Waals surface area contributed by atoms with E-state index in [0.29, 0.717) is 33.4 Å². The van der Waals surface area contributed by atoms with Crippen molar-refractivity contribution in [3.63, 3.8) is 0 Å². The Kier molecular flexibility index (Phi) is 4.21. The van der Waals surface area contributed by atoms with E-state index in [4.69, 9.17) is 0 Å². The molecule has 0 atom stereocenters. The minimum absolute atomic E-state index is 0.312. The van der Waals surface area contributed by atoms with Gasteiger partial charge in [-0.15, -0.1) is 0 Å². The van der Waals surface area contributed by atoms with Crippen LogP contribution in [0.1, 0.15) is 0 Å². The fraction of sp³-hybridized carbons (Fsp3) is 0. The molecule has 0 radical (unpaired) electrons. The molecule has 7 heteroatoms. The number of fused-ring (bicyclic) bond motifs is 1. The highest BCUT2D eigenvalue weighted by Crippen LogP contribution is 2.38. The Morgan fingerprint density at radius 3 is 2.43 bits per heavy atom. The van der Waals surface area contributed by atoms with Crippen molar-refractivity contribution in [2.45, 2.75) is 0 Å². The van der Waals surface area contributed by atoms with Crippen LogP contribution >= 0.6 is 0 Å². The van der Waals surface area contributed by atoms with E-state index < -0.39 is 5.82 Å². The number of H-pyrrole nitrogens is 1. The summed E-state index contributed by atoms with van der Waals surface area (Å²) in [7, 11) is 0. The molecule has 0 aliphatic rings. The summed E-state index contributed by atoms with van der Waals surface area (Å²) in [6.45, 7) is 0. The van der Waals surface area contributed by atoms with Crippen molar-refractivity contribution in [3.8, 4) is 27.9 Å². The summed E-state index contributed by atoms with van der Waals surface area (Å²) < 4.78 is 29.9. The molecule has 0 amide bonds. The van der Waals surface area contributed by atoms with Gasteiger partial charge < -0.3 is 4.98 Å². The Bertz CT molecular complexity index is 1440. The Morgan fingerprint density at radius 2 is 1.63 bits per heavy atom. The van der Waals surface area contributed by atoms with E-state index in [9.17, 15) is 13.6 Å². The summed E-state index contributed by atoms with van der Waals surface area (Å²) in [4.78, 5) is 18.9. The van der Waals surface area contributed by atoms with Gasteiger partial charge in [-0.2, -0.15) is 5.10 Å².